The molecule has 10 rings (SSSR count). The summed E-state index contributed by atoms with van der Waals surface area (Å²) in [5.41, 5.74) is 14.3. The van der Waals surface area contributed by atoms with E-state index in [9.17, 15) is 0 Å². The number of para-hydroxylation sites is 3. The molecule has 0 aliphatic rings. The van der Waals surface area contributed by atoms with Crippen molar-refractivity contribution in [3.05, 3.63) is 212 Å². The Bertz CT molecular complexity index is 2940. The number of hydrogen-bond acceptors (Lipinski definition) is 2. The van der Waals surface area contributed by atoms with Crippen molar-refractivity contribution in [2.45, 2.75) is 0 Å². The first kappa shape index (κ1) is 31.6. The molecule has 0 bridgehead atoms. The molecule has 0 atom stereocenters. The molecule has 0 radical (unpaired) electrons. The van der Waals surface area contributed by atoms with Gasteiger partial charge in [-0.1, -0.05) is 182 Å². The molecule has 0 aliphatic carbocycles. The Balaban J connectivity index is 1.25. The molecule has 9 aromatic carbocycles. The summed E-state index contributed by atoms with van der Waals surface area (Å²) in [5.74, 6) is 0. The number of benzene rings is 9. The van der Waals surface area contributed by atoms with Gasteiger partial charge in [0, 0.05) is 21.7 Å². The number of anilines is 3. The predicted octanol–water partition coefficient (Wildman–Crippen LogP) is 14.9. The molecule has 0 saturated carbocycles. The van der Waals surface area contributed by atoms with Crippen LogP contribution in [0.2, 0.25) is 0 Å². The van der Waals surface area contributed by atoms with Crippen LogP contribution in [0.5, 0.6) is 0 Å². The lowest BCUT2D eigenvalue weighted by atomic mass is 9.86. The highest BCUT2D eigenvalue weighted by Crippen LogP contribution is 2.49. The molecule has 0 aliphatic heterocycles. The smallest absolute Gasteiger partial charge is 0.159 e. The number of hydrogen-bond donors (Lipinski definition) is 0. The Hall–Kier alpha value is -7.16. The van der Waals surface area contributed by atoms with Crippen molar-refractivity contribution in [2.75, 3.05) is 4.90 Å². The van der Waals surface area contributed by atoms with E-state index >= 15 is 0 Å². The van der Waals surface area contributed by atoms with Crippen LogP contribution in [0, 0.1) is 0 Å². The van der Waals surface area contributed by atoms with E-state index in [1.54, 1.807) is 0 Å². The second kappa shape index (κ2) is 13.4. The topological polar surface area (TPSA) is 16.4 Å². The molecular weight excluding hydrogens is 655 g/mol. The van der Waals surface area contributed by atoms with Gasteiger partial charge in [-0.05, 0) is 74.7 Å². The van der Waals surface area contributed by atoms with Gasteiger partial charge in [-0.15, -0.1) is 0 Å². The van der Waals surface area contributed by atoms with Crippen molar-refractivity contribution < 1.29 is 4.42 Å². The van der Waals surface area contributed by atoms with Crippen LogP contribution in [0.25, 0.3) is 77.2 Å². The molecule has 0 amide bonds. The van der Waals surface area contributed by atoms with Crippen LogP contribution >= 0.6 is 0 Å². The van der Waals surface area contributed by atoms with Crippen molar-refractivity contribution in [2.24, 2.45) is 0 Å². The summed E-state index contributed by atoms with van der Waals surface area (Å²) in [6.45, 7) is 0. The molecule has 2 heteroatoms. The second-order valence-electron chi connectivity index (χ2n) is 13.6. The van der Waals surface area contributed by atoms with Crippen molar-refractivity contribution in [1.29, 1.82) is 0 Å². The summed E-state index contributed by atoms with van der Waals surface area (Å²) in [7, 11) is 0. The highest BCUT2D eigenvalue weighted by Gasteiger charge is 2.24. The SMILES string of the molecule is c1ccc(-c2ccc(-c3ccccc3)c(-c3ccccc3-c3ccccc3N(c3cccc4ccccc34)c3cccc4c3oc3ccccc34)c2)cc1. The first-order chi connectivity index (χ1) is 26.8. The fourth-order valence-electron chi connectivity index (χ4n) is 8.00. The van der Waals surface area contributed by atoms with Gasteiger partial charge in [0.05, 0.1) is 17.1 Å². The fourth-order valence-corrected chi connectivity index (χ4v) is 8.00. The van der Waals surface area contributed by atoms with E-state index in [2.05, 4.69) is 211 Å². The number of fused-ring (bicyclic) bond motifs is 4. The highest BCUT2D eigenvalue weighted by atomic mass is 16.3. The third kappa shape index (κ3) is 5.44. The molecule has 0 fully saturated rings. The fraction of sp³-hybridized carbons (Fsp3) is 0. The van der Waals surface area contributed by atoms with E-state index in [1.165, 1.54) is 38.8 Å². The van der Waals surface area contributed by atoms with E-state index in [0.717, 1.165) is 55.5 Å². The highest BCUT2D eigenvalue weighted by molar-refractivity contribution is 6.12. The van der Waals surface area contributed by atoms with E-state index in [0.29, 0.717) is 0 Å². The Kier molecular flexibility index (Phi) is 7.85. The van der Waals surface area contributed by atoms with Crippen LogP contribution in [0.1, 0.15) is 0 Å². The minimum absolute atomic E-state index is 0.858. The average Bonchev–Trinajstić information content (AvgIpc) is 3.64. The predicted molar refractivity (Wildman–Crippen MR) is 228 cm³/mol. The van der Waals surface area contributed by atoms with Crippen LogP contribution < -0.4 is 4.90 Å². The molecule has 0 unspecified atom stereocenters. The van der Waals surface area contributed by atoms with E-state index in [4.69, 9.17) is 4.42 Å². The first-order valence-corrected chi connectivity index (χ1v) is 18.4. The van der Waals surface area contributed by atoms with Crippen molar-refractivity contribution >= 4 is 49.8 Å². The van der Waals surface area contributed by atoms with E-state index in [1.807, 2.05) is 6.07 Å². The maximum atomic E-state index is 6.74. The molecule has 54 heavy (non-hydrogen) atoms. The van der Waals surface area contributed by atoms with Gasteiger partial charge in [0.1, 0.15) is 5.58 Å². The zero-order valence-electron chi connectivity index (χ0n) is 29.6. The van der Waals surface area contributed by atoms with Gasteiger partial charge >= 0.3 is 0 Å². The minimum atomic E-state index is 0.858. The van der Waals surface area contributed by atoms with Gasteiger partial charge in [0.25, 0.3) is 0 Å². The number of rotatable bonds is 7. The molecule has 1 heterocycles. The molecular formula is C52H35NO. The summed E-state index contributed by atoms with van der Waals surface area (Å²) in [4.78, 5) is 2.40. The summed E-state index contributed by atoms with van der Waals surface area (Å²) in [6, 6.07) is 75.9. The normalized spacial score (nSPS) is 11.3. The van der Waals surface area contributed by atoms with Crippen LogP contribution in [0.3, 0.4) is 0 Å². The van der Waals surface area contributed by atoms with Gasteiger partial charge in [-0.3, -0.25) is 0 Å². The molecule has 2 nitrogen and oxygen atoms in total. The Morgan fingerprint density at radius 2 is 0.852 bits per heavy atom. The van der Waals surface area contributed by atoms with Crippen LogP contribution in [0.4, 0.5) is 17.1 Å². The van der Waals surface area contributed by atoms with E-state index in [-0.39, 0.29) is 0 Å². The van der Waals surface area contributed by atoms with Crippen molar-refractivity contribution in [3.8, 4) is 44.5 Å². The molecule has 0 saturated heterocycles. The summed E-state index contributed by atoms with van der Waals surface area (Å²) in [5, 5.41) is 4.55. The van der Waals surface area contributed by atoms with Gasteiger partial charge in [-0.25, -0.2) is 0 Å². The minimum Gasteiger partial charge on any atom is -0.454 e. The van der Waals surface area contributed by atoms with Crippen molar-refractivity contribution in [3.63, 3.8) is 0 Å². The Labute approximate surface area is 314 Å². The van der Waals surface area contributed by atoms with Crippen LogP contribution in [0.15, 0.2) is 217 Å². The summed E-state index contributed by atoms with van der Waals surface area (Å²) < 4.78 is 6.74. The monoisotopic (exact) mass is 689 g/mol. The van der Waals surface area contributed by atoms with Crippen LogP contribution in [-0.2, 0) is 0 Å². The lowest BCUT2D eigenvalue weighted by molar-refractivity contribution is 0.669. The first-order valence-electron chi connectivity index (χ1n) is 18.4. The standard InChI is InChI=1S/C52H35NO/c1-3-17-36(18-4-1)39-33-34-40(37-19-5-2-6-20-37)47(35-39)43-25-10-9-24-42(43)44-26-11-13-29-49(44)53(48-30-15-22-38-21-7-8-23-41(38)48)50-31-16-28-46-45-27-12-14-32-51(45)54-52(46)50/h1-35H. The number of furan rings is 1. The summed E-state index contributed by atoms with van der Waals surface area (Å²) in [6.07, 6.45) is 0. The third-order valence-corrected chi connectivity index (χ3v) is 10.5. The van der Waals surface area contributed by atoms with Gasteiger partial charge < -0.3 is 9.32 Å². The van der Waals surface area contributed by atoms with Crippen LogP contribution in [-0.4, -0.2) is 0 Å². The molecule has 0 N–H and O–H groups in total. The maximum absolute atomic E-state index is 6.74. The number of nitrogens with zero attached hydrogens (tertiary/aromatic N) is 1. The largest absolute Gasteiger partial charge is 0.454 e. The third-order valence-electron chi connectivity index (χ3n) is 10.5. The average molecular weight is 690 g/mol. The van der Waals surface area contributed by atoms with Gasteiger partial charge in [0.15, 0.2) is 5.58 Å². The summed E-state index contributed by atoms with van der Waals surface area (Å²) >= 11 is 0. The molecule has 1 aromatic heterocycles. The Morgan fingerprint density at radius 1 is 0.296 bits per heavy atom. The van der Waals surface area contributed by atoms with E-state index < -0.39 is 0 Å². The second-order valence-corrected chi connectivity index (χ2v) is 13.6. The lowest BCUT2D eigenvalue weighted by Crippen LogP contribution is -2.12. The Morgan fingerprint density at radius 3 is 1.67 bits per heavy atom. The molecule has 10 aromatic rings. The van der Waals surface area contributed by atoms with Crippen molar-refractivity contribution in [1.82, 2.24) is 0 Å². The zero-order valence-corrected chi connectivity index (χ0v) is 29.6. The lowest BCUT2D eigenvalue weighted by Gasteiger charge is -2.29. The molecule has 0 spiro atoms. The van der Waals surface area contributed by atoms with Gasteiger partial charge in [-0.2, -0.15) is 0 Å². The van der Waals surface area contributed by atoms with Gasteiger partial charge in [0.2, 0.25) is 0 Å². The zero-order chi connectivity index (χ0) is 35.8. The molecule has 254 valence electrons. The maximum Gasteiger partial charge on any atom is 0.159 e. The quantitative estimate of drug-likeness (QED) is 0.166.